The van der Waals surface area contributed by atoms with Crippen molar-refractivity contribution < 1.29 is 9.53 Å². The van der Waals surface area contributed by atoms with Gasteiger partial charge >= 0.3 is 0 Å². The molecule has 0 N–H and O–H groups in total. The Morgan fingerprint density at radius 2 is 2.00 bits per heavy atom. The van der Waals surface area contributed by atoms with Gasteiger partial charge in [-0.1, -0.05) is 19.9 Å². The standard InChI is InChI=1S/C19H31NO2/c1-6-9-17(21)10-8-13-20(7-2)16(4)19-12-11-18(22-5)14-15(19)3/h11-12,14,16H,6-10,13H2,1-5H3. The molecule has 1 atom stereocenters. The predicted molar refractivity (Wildman–Crippen MR) is 92.5 cm³/mol. The van der Waals surface area contributed by atoms with Gasteiger partial charge in [-0.2, -0.15) is 0 Å². The van der Waals surface area contributed by atoms with Gasteiger partial charge in [-0.3, -0.25) is 9.69 Å². The van der Waals surface area contributed by atoms with Crippen molar-refractivity contribution in [2.24, 2.45) is 0 Å². The molecule has 0 radical (unpaired) electrons. The number of aryl methyl sites for hydroxylation is 1. The van der Waals surface area contributed by atoms with Crippen molar-refractivity contribution >= 4 is 5.78 Å². The average molecular weight is 305 g/mol. The van der Waals surface area contributed by atoms with Gasteiger partial charge in [-0.05, 0) is 63.0 Å². The third kappa shape index (κ3) is 5.45. The quantitative estimate of drug-likeness (QED) is 0.636. The Hall–Kier alpha value is -1.35. The number of ketones is 1. The highest BCUT2D eigenvalue weighted by Crippen LogP contribution is 2.26. The molecule has 22 heavy (non-hydrogen) atoms. The fourth-order valence-corrected chi connectivity index (χ4v) is 2.95. The zero-order valence-corrected chi connectivity index (χ0v) is 14.8. The first-order valence-electron chi connectivity index (χ1n) is 8.43. The van der Waals surface area contributed by atoms with E-state index in [1.807, 2.05) is 6.07 Å². The van der Waals surface area contributed by atoms with Crippen LogP contribution in [-0.4, -0.2) is 30.9 Å². The van der Waals surface area contributed by atoms with E-state index in [9.17, 15) is 4.79 Å². The predicted octanol–water partition coefficient (Wildman–Crippen LogP) is 4.54. The first kappa shape index (κ1) is 18.7. The van der Waals surface area contributed by atoms with Gasteiger partial charge in [0.25, 0.3) is 0 Å². The smallest absolute Gasteiger partial charge is 0.132 e. The van der Waals surface area contributed by atoms with Crippen LogP contribution in [0.1, 0.15) is 63.6 Å². The second-order valence-electron chi connectivity index (χ2n) is 5.92. The first-order valence-corrected chi connectivity index (χ1v) is 8.43. The molecule has 0 saturated carbocycles. The van der Waals surface area contributed by atoms with Crippen LogP contribution in [0, 0.1) is 6.92 Å². The molecule has 1 aromatic carbocycles. The summed E-state index contributed by atoms with van der Waals surface area (Å²) in [5.74, 6) is 1.30. The van der Waals surface area contributed by atoms with Crippen molar-refractivity contribution in [2.75, 3.05) is 20.2 Å². The Bertz CT molecular complexity index is 471. The second kappa shape index (κ2) is 9.62. The van der Waals surface area contributed by atoms with Crippen LogP contribution < -0.4 is 4.74 Å². The highest BCUT2D eigenvalue weighted by Gasteiger charge is 2.16. The number of Topliss-reactive ketones (excluding diaryl/α,β-unsaturated/α-hetero) is 1. The Morgan fingerprint density at radius 1 is 1.27 bits per heavy atom. The summed E-state index contributed by atoms with van der Waals surface area (Å²) in [6.07, 6.45) is 3.34. The van der Waals surface area contributed by atoms with E-state index in [4.69, 9.17) is 4.74 Å². The number of carbonyl (C=O) groups is 1. The van der Waals surface area contributed by atoms with Crippen molar-refractivity contribution in [3.63, 3.8) is 0 Å². The lowest BCUT2D eigenvalue weighted by Crippen LogP contribution is -2.28. The summed E-state index contributed by atoms with van der Waals surface area (Å²) in [5, 5.41) is 0. The molecule has 1 rings (SSSR count). The van der Waals surface area contributed by atoms with Crippen molar-refractivity contribution in [1.29, 1.82) is 0 Å². The summed E-state index contributed by atoms with van der Waals surface area (Å²) in [4.78, 5) is 14.1. The molecular formula is C19H31NO2. The van der Waals surface area contributed by atoms with E-state index in [-0.39, 0.29) is 0 Å². The number of carbonyl (C=O) groups excluding carboxylic acids is 1. The van der Waals surface area contributed by atoms with Crippen LogP contribution >= 0.6 is 0 Å². The molecule has 0 aliphatic carbocycles. The fourth-order valence-electron chi connectivity index (χ4n) is 2.95. The molecule has 1 aromatic rings. The first-order chi connectivity index (χ1) is 10.5. The average Bonchev–Trinajstić information content (AvgIpc) is 2.51. The normalized spacial score (nSPS) is 12.5. The Kier molecular flexibility index (Phi) is 8.18. The topological polar surface area (TPSA) is 29.5 Å². The highest BCUT2D eigenvalue weighted by molar-refractivity contribution is 5.78. The van der Waals surface area contributed by atoms with E-state index in [0.717, 1.165) is 38.1 Å². The molecule has 0 fully saturated rings. The fraction of sp³-hybridized carbons (Fsp3) is 0.632. The molecule has 0 saturated heterocycles. The number of ether oxygens (including phenoxy) is 1. The number of methoxy groups -OCH3 is 1. The van der Waals surface area contributed by atoms with Gasteiger partial charge in [0.2, 0.25) is 0 Å². The third-order valence-corrected chi connectivity index (χ3v) is 4.31. The Balaban J connectivity index is 2.64. The van der Waals surface area contributed by atoms with Crippen LogP contribution in [0.3, 0.4) is 0 Å². The van der Waals surface area contributed by atoms with E-state index < -0.39 is 0 Å². The van der Waals surface area contributed by atoms with Crippen LogP contribution in [0.15, 0.2) is 18.2 Å². The number of nitrogens with zero attached hydrogens (tertiary/aromatic N) is 1. The molecular weight excluding hydrogens is 274 g/mol. The summed E-state index contributed by atoms with van der Waals surface area (Å²) < 4.78 is 5.28. The molecule has 0 amide bonds. The van der Waals surface area contributed by atoms with Crippen LogP contribution in [-0.2, 0) is 4.79 Å². The summed E-state index contributed by atoms with van der Waals surface area (Å²) in [5.41, 5.74) is 2.59. The van der Waals surface area contributed by atoms with E-state index in [0.29, 0.717) is 18.2 Å². The molecule has 0 spiro atoms. The zero-order chi connectivity index (χ0) is 16.5. The Morgan fingerprint density at radius 3 is 2.55 bits per heavy atom. The maximum Gasteiger partial charge on any atom is 0.132 e. The van der Waals surface area contributed by atoms with Crippen molar-refractivity contribution in [1.82, 2.24) is 4.90 Å². The summed E-state index contributed by atoms with van der Waals surface area (Å²) in [6, 6.07) is 6.63. The van der Waals surface area contributed by atoms with Crippen molar-refractivity contribution in [3.8, 4) is 5.75 Å². The van der Waals surface area contributed by atoms with Gasteiger partial charge in [0, 0.05) is 18.9 Å². The minimum absolute atomic E-state index is 0.359. The second-order valence-corrected chi connectivity index (χ2v) is 5.92. The maximum atomic E-state index is 11.6. The zero-order valence-electron chi connectivity index (χ0n) is 14.8. The molecule has 0 aromatic heterocycles. The molecule has 124 valence electrons. The summed E-state index contributed by atoms with van der Waals surface area (Å²) >= 11 is 0. The largest absolute Gasteiger partial charge is 0.497 e. The number of rotatable bonds is 10. The van der Waals surface area contributed by atoms with Gasteiger partial charge in [0.05, 0.1) is 7.11 Å². The van der Waals surface area contributed by atoms with Gasteiger partial charge < -0.3 is 4.74 Å². The van der Waals surface area contributed by atoms with Crippen LogP contribution in [0.25, 0.3) is 0 Å². The molecule has 0 bridgehead atoms. The SMILES string of the molecule is CCCC(=O)CCCN(CC)C(C)c1ccc(OC)cc1C. The van der Waals surface area contributed by atoms with Crippen molar-refractivity contribution in [2.45, 2.75) is 59.4 Å². The highest BCUT2D eigenvalue weighted by atomic mass is 16.5. The van der Waals surface area contributed by atoms with E-state index in [2.05, 4.69) is 44.7 Å². The molecule has 0 aliphatic rings. The Labute approximate surface area is 135 Å². The molecule has 0 heterocycles. The van der Waals surface area contributed by atoms with Crippen LogP contribution in [0.4, 0.5) is 0 Å². The lowest BCUT2D eigenvalue weighted by molar-refractivity contribution is -0.119. The summed E-state index contributed by atoms with van der Waals surface area (Å²) in [6.45, 7) is 10.6. The summed E-state index contributed by atoms with van der Waals surface area (Å²) in [7, 11) is 1.70. The molecule has 1 unspecified atom stereocenters. The van der Waals surface area contributed by atoms with Crippen LogP contribution in [0.2, 0.25) is 0 Å². The number of hydrogen-bond acceptors (Lipinski definition) is 3. The van der Waals surface area contributed by atoms with Gasteiger partial charge in [0.1, 0.15) is 11.5 Å². The molecule has 0 aliphatic heterocycles. The maximum absolute atomic E-state index is 11.6. The van der Waals surface area contributed by atoms with Crippen LogP contribution in [0.5, 0.6) is 5.75 Å². The van der Waals surface area contributed by atoms with Gasteiger partial charge in [-0.25, -0.2) is 0 Å². The minimum Gasteiger partial charge on any atom is -0.497 e. The number of benzene rings is 1. The lowest BCUT2D eigenvalue weighted by atomic mass is 10.0. The van der Waals surface area contributed by atoms with Gasteiger partial charge in [0.15, 0.2) is 0 Å². The molecule has 3 heteroatoms. The van der Waals surface area contributed by atoms with Crippen molar-refractivity contribution in [3.05, 3.63) is 29.3 Å². The minimum atomic E-state index is 0.359. The lowest BCUT2D eigenvalue weighted by Gasteiger charge is -2.29. The monoisotopic (exact) mass is 305 g/mol. The number of hydrogen-bond donors (Lipinski definition) is 0. The van der Waals surface area contributed by atoms with Gasteiger partial charge in [-0.15, -0.1) is 0 Å². The molecule has 3 nitrogen and oxygen atoms in total. The van der Waals surface area contributed by atoms with E-state index >= 15 is 0 Å². The van der Waals surface area contributed by atoms with E-state index in [1.165, 1.54) is 11.1 Å². The third-order valence-electron chi connectivity index (χ3n) is 4.31. The van der Waals surface area contributed by atoms with E-state index in [1.54, 1.807) is 7.11 Å².